The van der Waals surface area contributed by atoms with E-state index in [0.717, 1.165) is 12.8 Å². The van der Waals surface area contributed by atoms with E-state index in [1.165, 1.54) is 77.0 Å². The Morgan fingerprint density at radius 1 is 0.840 bits per heavy atom. The summed E-state index contributed by atoms with van der Waals surface area (Å²) in [6.07, 6.45) is 16.6. The summed E-state index contributed by atoms with van der Waals surface area (Å²) in [7, 11) is 0. The molecule has 0 radical (unpaired) electrons. The topological polar surface area (TPSA) is 66.8 Å². The monoisotopic (exact) mass is 374 g/mol. The molecule has 0 bridgehead atoms. The van der Waals surface area contributed by atoms with E-state index in [1.54, 1.807) is 0 Å². The molecular weight excluding hydrogens is 336 g/mol. The molecule has 148 valence electrons. The number of hydrogen-bond donors (Lipinski definition) is 2. The van der Waals surface area contributed by atoms with Crippen molar-refractivity contribution >= 4 is 23.2 Å². The number of carbonyl (C=O) groups is 1. The molecule has 4 nitrogen and oxygen atoms in total. The highest BCUT2D eigenvalue weighted by Crippen LogP contribution is 2.13. The molecular formula is C20H38O4S. The summed E-state index contributed by atoms with van der Waals surface area (Å²) in [6.45, 7) is 2.72. The first-order valence-electron chi connectivity index (χ1n) is 10.1. The molecule has 0 saturated carbocycles. The number of aliphatic carboxylic acids is 1. The van der Waals surface area contributed by atoms with Crippen LogP contribution in [0.15, 0.2) is 0 Å². The zero-order valence-corrected chi connectivity index (χ0v) is 16.8. The van der Waals surface area contributed by atoms with Gasteiger partial charge in [0.15, 0.2) is 5.05 Å². The van der Waals surface area contributed by atoms with Gasteiger partial charge in [0, 0.05) is 0 Å². The van der Waals surface area contributed by atoms with Gasteiger partial charge >= 0.3 is 5.97 Å². The second kappa shape index (κ2) is 18.1. The first kappa shape index (κ1) is 24.3. The first-order chi connectivity index (χ1) is 12.1. The Kier molecular flexibility index (Phi) is 17.6. The van der Waals surface area contributed by atoms with Crippen molar-refractivity contribution in [1.29, 1.82) is 0 Å². The van der Waals surface area contributed by atoms with E-state index in [0.29, 0.717) is 6.61 Å². The number of rotatable bonds is 18. The highest BCUT2D eigenvalue weighted by Gasteiger charge is 2.15. The van der Waals surface area contributed by atoms with Crippen molar-refractivity contribution in [3.63, 3.8) is 0 Å². The standard InChI is InChI=1S/C20H38O4S/c1-2-3-4-5-6-7-8-9-10-11-12-13-14-15-16-24-20(25)18(21)17-19(22)23/h18,21H,2-17H2,1H3,(H,22,23). The molecule has 1 unspecified atom stereocenters. The van der Waals surface area contributed by atoms with Gasteiger partial charge in [0.1, 0.15) is 6.10 Å². The van der Waals surface area contributed by atoms with Crippen LogP contribution in [0.1, 0.15) is 103 Å². The van der Waals surface area contributed by atoms with Crippen LogP contribution in [0.5, 0.6) is 0 Å². The fraction of sp³-hybridized carbons (Fsp3) is 0.900. The molecule has 1 atom stereocenters. The Morgan fingerprint density at radius 2 is 1.24 bits per heavy atom. The zero-order chi connectivity index (χ0) is 18.8. The van der Waals surface area contributed by atoms with E-state index in [2.05, 4.69) is 6.92 Å². The van der Waals surface area contributed by atoms with Crippen LogP contribution < -0.4 is 0 Å². The third-order valence-electron chi connectivity index (χ3n) is 4.38. The van der Waals surface area contributed by atoms with Gasteiger partial charge in [0.2, 0.25) is 0 Å². The first-order valence-corrected chi connectivity index (χ1v) is 10.5. The number of aliphatic hydroxyl groups is 1. The maximum absolute atomic E-state index is 10.5. The maximum atomic E-state index is 10.5. The zero-order valence-electron chi connectivity index (χ0n) is 16.0. The number of carboxylic acid groups (broad SMARTS) is 1. The molecule has 0 aromatic rings. The van der Waals surface area contributed by atoms with E-state index in [-0.39, 0.29) is 5.05 Å². The molecule has 0 fully saturated rings. The maximum Gasteiger partial charge on any atom is 0.306 e. The van der Waals surface area contributed by atoms with Crippen LogP contribution in [0.4, 0.5) is 0 Å². The molecule has 2 N–H and O–H groups in total. The van der Waals surface area contributed by atoms with Crippen LogP contribution in [0.25, 0.3) is 0 Å². The van der Waals surface area contributed by atoms with Gasteiger partial charge in [-0.1, -0.05) is 90.4 Å². The molecule has 0 aliphatic heterocycles. The second-order valence-electron chi connectivity index (χ2n) is 6.88. The number of hydrogen-bond acceptors (Lipinski definition) is 4. The van der Waals surface area contributed by atoms with Crippen molar-refractivity contribution in [1.82, 2.24) is 0 Å². The lowest BCUT2D eigenvalue weighted by Crippen LogP contribution is -2.24. The van der Waals surface area contributed by atoms with Gasteiger partial charge in [0.25, 0.3) is 0 Å². The summed E-state index contributed by atoms with van der Waals surface area (Å²) < 4.78 is 5.23. The van der Waals surface area contributed by atoms with Crippen molar-refractivity contribution in [2.75, 3.05) is 6.61 Å². The number of unbranched alkanes of at least 4 members (excludes halogenated alkanes) is 13. The molecule has 0 aromatic heterocycles. The third kappa shape index (κ3) is 17.9. The van der Waals surface area contributed by atoms with Crippen molar-refractivity contribution in [3.8, 4) is 0 Å². The van der Waals surface area contributed by atoms with E-state index < -0.39 is 18.5 Å². The van der Waals surface area contributed by atoms with E-state index in [4.69, 9.17) is 22.1 Å². The van der Waals surface area contributed by atoms with Gasteiger partial charge in [-0.05, 0) is 18.6 Å². The minimum absolute atomic E-state index is 0.00269. The van der Waals surface area contributed by atoms with Crippen LogP contribution >= 0.6 is 12.2 Å². The lowest BCUT2D eigenvalue weighted by molar-refractivity contribution is -0.138. The van der Waals surface area contributed by atoms with Crippen molar-refractivity contribution in [3.05, 3.63) is 0 Å². The normalized spacial score (nSPS) is 12.1. The fourth-order valence-corrected chi connectivity index (χ4v) is 2.98. The lowest BCUT2D eigenvalue weighted by Gasteiger charge is -2.11. The minimum Gasteiger partial charge on any atom is -0.484 e. The minimum atomic E-state index is -1.18. The van der Waals surface area contributed by atoms with E-state index >= 15 is 0 Å². The molecule has 0 amide bonds. The quantitative estimate of drug-likeness (QED) is 0.240. The molecule has 5 heteroatoms. The van der Waals surface area contributed by atoms with Crippen molar-refractivity contribution in [2.24, 2.45) is 0 Å². The molecule has 0 aromatic carbocycles. The predicted octanol–water partition coefficient (Wildman–Crippen LogP) is 5.65. The number of ether oxygens (including phenoxy) is 1. The Balaban J connectivity index is 3.21. The molecule has 0 saturated heterocycles. The van der Waals surface area contributed by atoms with Gasteiger partial charge in [-0.2, -0.15) is 0 Å². The number of carboxylic acids is 1. The predicted molar refractivity (Wildman–Crippen MR) is 107 cm³/mol. The average Bonchev–Trinajstić information content (AvgIpc) is 2.57. The SMILES string of the molecule is CCCCCCCCCCCCCCCCOC(=S)C(O)CC(=O)O. The molecule has 0 spiro atoms. The van der Waals surface area contributed by atoms with Crippen LogP contribution in [0, 0.1) is 0 Å². The highest BCUT2D eigenvalue weighted by atomic mass is 32.1. The van der Waals surface area contributed by atoms with Gasteiger partial charge in [0.05, 0.1) is 13.0 Å². The molecule has 0 heterocycles. The second-order valence-corrected chi connectivity index (χ2v) is 7.28. The molecule has 0 rings (SSSR count). The van der Waals surface area contributed by atoms with Gasteiger partial charge < -0.3 is 14.9 Å². The number of aliphatic hydroxyl groups excluding tert-OH is 1. The van der Waals surface area contributed by atoms with Crippen LogP contribution in [-0.2, 0) is 9.53 Å². The summed E-state index contributed by atoms with van der Waals surface area (Å²) in [6, 6.07) is 0. The molecule has 25 heavy (non-hydrogen) atoms. The third-order valence-corrected chi connectivity index (χ3v) is 4.77. The smallest absolute Gasteiger partial charge is 0.306 e. The summed E-state index contributed by atoms with van der Waals surface area (Å²) in [5.41, 5.74) is 0. The number of thiocarbonyl (C=S) groups is 1. The summed E-state index contributed by atoms with van der Waals surface area (Å²) in [5, 5.41) is 18.0. The Labute approximate surface area is 159 Å². The van der Waals surface area contributed by atoms with Gasteiger partial charge in [-0.25, -0.2) is 0 Å². The molecule has 0 aliphatic carbocycles. The lowest BCUT2D eigenvalue weighted by atomic mass is 10.0. The largest absolute Gasteiger partial charge is 0.484 e. The Bertz CT molecular complexity index is 334. The molecule has 0 aliphatic rings. The summed E-state index contributed by atoms with van der Waals surface area (Å²) >= 11 is 4.86. The Hall–Kier alpha value is -0.680. The van der Waals surface area contributed by atoms with Gasteiger partial charge in [-0.3, -0.25) is 4.79 Å². The van der Waals surface area contributed by atoms with E-state index in [1.807, 2.05) is 0 Å². The summed E-state index contributed by atoms with van der Waals surface area (Å²) in [5.74, 6) is -1.07. The fourth-order valence-electron chi connectivity index (χ4n) is 2.81. The summed E-state index contributed by atoms with van der Waals surface area (Å²) in [4.78, 5) is 10.5. The Morgan fingerprint density at radius 3 is 1.64 bits per heavy atom. The highest BCUT2D eigenvalue weighted by molar-refractivity contribution is 7.80. The van der Waals surface area contributed by atoms with Crippen molar-refractivity contribution < 1.29 is 19.7 Å². The van der Waals surface area contributed by atoms with Crippen LogP contribution in [-0.4, -0.2) is 33.9 Å². The van der Waals surface area contributed by atoms with Crippen molar-refractivity contribution in [2.45, 2.75) is 109 Å². The van der Waals surface area contributed by atoms with Crippen LogP contribution in [0.2, 0.25) is 0 Å². The van der Waals surface area contributed by atoms with Gasteiger partial charge in [-0.15, -0.1) is 0 Å². The van der Waals surface area contributed by atoms with Crippen LogP contribution in [0.3, 0.4) is 0 Å². The average molecular weight is 375 g/mol. The van der Waals surface area contributed by atoms with E-state index in [9.17, 15) is 9.90 Å².